The van der Waals surface area contributed by atoms with Gasteiger partial charge in [0.05, 0.1) is 26.4 Å². The molecule has 1 amide bonds. The maximum absolute atomic E-state index is 11.7. The number of nitrogens with one attached hydrogen (secondary N) is 1. The third-order valence-corrected chi connectivity index (χ3v) is 3.04. The Morgan fingerprint density at radius 2 is 1.74 bits per heavy atom. The number of benzene rings is 1. The van der Waals surface area contributed by atoms with Crippen LogP contribution in [0.4, 0.5) is 0 Å². The van der Waals surface area contributed by atoms with Gasteiger partial charge in [0.2, 0.25) is 5.91 Å². The van der Waals surface area contributed by atoms with E-state index in [0.717, 1.165) is 0 Å². The lowest BCUT2D eigenvalue weighted by atomic mass is 10.1. The molecule has 0 aliphatic carbocycles. The van der Waals surface area contributed by atoms with Crippen LogP contribution in [0.5, 0.6) is 0 Å². The smallest absolute Gasteiger partial charge is 0.330 e. The van der Waals surface area contributed by atoms with Crippen LogP contribution in [0.15, 0.2) is 24.3 Å². The zero-order chi connectivity index (χ0) is 17.1. The third kappa shape index (κ3) is 7.94. The number of halogens is 1. The van der Waals surface area contributed by atoms with Crippen LogP contribution < -0.4 is 5.32 Å². The van der Waals surface area contributed by atoms with Crippen molar-refractivity contribution >= 4 is 23.5 Å². The fourth-order valence-corrected chi connectivity index (χ4v) is 1.80. The Morgan fingerprint density at radius 1 is 1.13 bits per heavy atom. The van der Waals surface area contributed by atoms with Crippen molar-refractivity contribution in [2.24, 2.45) is 0 Å². The average Bonchev–Trinajstić information content (AvgIpc) is 2.52. The molecule has 7 nitrogen and oxygen atoms in total. The van der Waals surface area contributed by atoms with Crippen LogP contribution in [-0.4, -0.2) is 57.1 Å². The largest absolute Gasteiger partial charge is 0.479 e. The molecule has 1 rings (SSSR count). The first-order valence-corrected chi connectivity index (χ1v) is 7.34. The molecule has 8 heteroatoms. The number of rotatable bonds is 11. The Labute approximate surface area is 139 Å². The zero-order valence-corrected chi connectivity index (χ0v) is 13.5. The highest BCUT2D eigenvalue weighted by Crippen LogP contribution is 2.16. The highest BCUT2D eigenvalue weighted by atomic mass is 35.5. The highest BCUT2D eigenvalue weighted by molar-refractivity contribution is 6.30. The van der Waals surface area contributed by atoms with E-state index in [1.54, 1.807) is 31.4 Å². The summed E-state index contributed by atoms with van der Waals surface area (Å²) < 4.78 is 15.1. The fraction of sp³-hybridized carbons (Fsp3) is 0.467. The zero-order valence-electron chi connectivity index (χ0n) is 12.8. The number of ether oxygens (including phenoxy) is 3. The Hall–Kier alpha value is -1.67. The molecule has 0 radical (unpaired) electrons. The van der Waals surface area contributed by atoms with Gasteiger partial charge in [-0.1, -0.05) is 23.7 Å². The number of amides is 1. The monoisotopic (exact) mass is 345 g/mol. The summed E-state index contributed by atoms with van der Waals surface area (Å²) in [5, 5.41) is 12.1. The van der Waals surface area contributed by atoms with Gasteiger partial charge in [-0.05, 0) is 17.7 Å². The summed E-state index contributed by atoms with van der Waals surface area (Å²) in [6.07, 6.45) is 0. The van der Waals surface area contributed by atoms with Crippen molar-refractivity contribution in [3.05, 3.63) is 34.9 Å². The predicted octanol–water partition coefficient (Wildman–Crippen LogP) is 1.26. The molecule has 0 saturated heterocycles. The lowest BCUT2D eigenvalue weighted by Crippen LogP contribution is -2.36. The Kier molecular flexibility index (Phi) is 9.23. The van der Waals surface area contributed by atoms with Crippen molar-refractivity contribution in [2.45, 2.75) is 6.04 Å². The van der Waals surface area contributed by atoms with E-state index < -0.39 is 17.9 Å². The van der Waals surface area contributed by atoms with E-state index in [9.17, 15) is 14.7 Å². The second-order valence-corrected chi connectivity index (χ2v) is 4.98. The van der Waals surface area contributed by atoms with E-state index in [1.807, 2.05) is 0 Å². The number of carboxylic acids is 1. The molecule has 0 aromatic heterocycles. The van der Waals surface area contributed by atoms with E-state index in [1.165, 1.54) is 0 Å². The first kappa shape index (κ1) is 19.4. The number of carboxylic acid groups (broad SMARTS) is 1. The summed E-state index contributed by atoms with van der Waals surface area (Å²) in [6.45, 7) is 1.25. The van der Waals surface area contributed by atoms with E-state index >= 15 is 0 Å². The van der Waals surface area contributed by atoms with Crippen LogP contribution in [0.3, 0.4) is 0 Å². The maximum Gasteiger partial charge on any atom is 0.330 e. The lowest BCUT2D eigenvalue weighted by molar-refractivity contribution is -0.142. The van der Waals surface area contributed by atoms with Crippen LogP contribution in [-0.2, 0) is 23.8 Å². The van der Waals surface area contributed by atoms with Crippen molar-refractivity contribution in [1.29, 1.82) is 0 Å². The lowest BCUT2D eigenvalue weighted by Gasteiger charge is -2.15. The number of carbonyl (C=O) groups excluding carboxylic acids is 1. The van der Waals surface area contributed by atoms with Crippen molar-refractivity contribution in [2.75, 3.05) is 40.1 Å². The molecule has 0 saturated carbocycles. The second-order valence-electron chi connectivity index (χ2n) is 4.55. The average molecular weight is 346 g/mol. The summed E-state index contributed by atoms with van der Waals surface area (Å²) in [7, 11) is 1.57. The molecule has 23 heavy (non-hydrogen) atoms. The molecule has 0 aliphatic rings. The first-order chi connectivity index (χ1) is 11.0. The van der Waals surface area contributed by atoms with E-state index in [2.05, 4.69) is 5.32 Å². The Morgan fingerprint density at radius 3 is 2.35 bits per heavy atom. The molecule has 1 aromatic carbocycles. The Bertz CT molecular complexity index is 493. The molecular formula is C15H20ClNO6. The molecule has 0 aliphatic heterocycles. The van der Waals surface area contributed by atoms with Gasteiger partial charge in [-0.2, -0.15) is 0 Å². The van der Waals surface area contributed by atoms with E-state index in [4.69, 9.17) is 25.8 Å². The summed E-state index contributed by atoms with van der Waals surface area (Å²) in [5.41, 5.74) is 0.429. The molecule has 0 fully saturated rings. The number of hydrogen-bond donors (Lipinski definition) is 2. The van der Waals surface area contributed by atoms with Crippen LogP contribution in [0, 0.1) is 0 Å². The van der Waals surface area contributed by atoms with E-state index in [0.29, 0.717) is 30.4 Å². The molecule has 0 heterocycles. The van der Waals surface area contributed by atoms with Gasteiger partial charge in [-0.25, -0.2) is 4.79 Å². The minimum absolute atomic E-state index is 0.232. The minimum atomic E-state index is -1.16. The SMILES string of the molecule is COCCOCCOCC(=O)NC(C(=O)O)c1ccc(Cl)cc1. The number of methoxy groups -OCH3 is 1. The first-order valence-electron chi connectivity index (χ1n) is 6.96. The summed E-state index contributed by atoms with van der Waals surface area (Å²) in [5.74, 6) is -1.69. The quantitative estimate of drug-likeness (QED) is 0.586. The molecule has 1 atom stereocenters. The second kappa shape index (κ2) is 11.0. The van der Waals surface area contributed by atoms with Gasteiger partial charge in [-0.3, -0.25) is 4.79 Å². The molecular weight excluding hydrogens is 326 g/mol. The topological polar surface area (TPSA) is 94.1 Å². The summed E-state index contributed by atoms with van der Waals surface area (Å²) in [6, 6.07) is 5.07. The van der Waals surface area contributed by atoms with Gasteiger partial charge in [0.15, 0.2) is 6.04 Å². The van der Waals surface area contributed by atoms with Gasteiger partial charge >= 0.3 is 5.97 Å². The predicted molar refractivity (Wildman–Crippen MR) is 83.5 cm³/mol. The highest BCUT2D eigenvalue weighted by Gasteiger charge is 2.21. The van der Waals surface area contributed by atoms with Crippen molar-refractivity contribution in [1.82, 2.24) is 5.32 Å². The number of carbonyl (C=O) groups is 2. The van der Waals surface area contributed by atoms with Crippen LogP contribution in [0.2, 0.25) is 5.02 Å². The van der Waals surface area contributed by atoms with Gasteiger partial charge in [0.25, 0.3) is 0 Å². The molecule has 0 spiro atoms. The fourth-order valence-electron chi connectivity index (χ4n) is 1.67. The molecule has 0 bridgehead atoms. The van der Waals surface area contributed by atoms with Crippen LogP contribution in [0.25, 0.3) is 0 Å². The van der Waals surface area contributed by atoms with Crippen molar-refractivity contribution in [3.63, 3.8) is 0 Å². The van der Waals surface area contributed by atoms with Crippen molar-refractivity contribution < 1.29 is 28.9 Å². The van der Waals surface area contributed by atoms with Gasteiger partial charge in [0.1, 0.15) is 6.61 Å². The summed E-state index contributed by atoms with van der Waals surface area (Å²) in [4.78, 5) is 23.0. The van der Waals surface area contributed by atoms with Gasteiger partial charge < -0.3 is 24.6 Å². The molecule has 128 valence electrons. The van der Waals surface area contributed by atoms with E-state index in [-0.39, 0.29) is 13.2 Å². The van der Waals surface area contributed by atoms with Crippen molar-refractivity contribution in [3.8, 4) is 0 Å². The summed E-state index contributed by atoms with van der Waals surface area (Å²) >= 11 is 5.76. The Balaban J connectivity index is 2.35. The molecule has 1 unspecified atom stereocenters. The van der Waals surface area contributed by atoms with Gasteiger partial charge in [0, 0.05) is 12.1 Å². The maximum atomic E-state index is 11.7. The normalized spacial score (nSPS) is 11.9. The third-order valence-electron chi connectivity index (χ3n) is 2.79. The molecule has 1 aromatic rings. The number of hydrogen-bond acceptors (Lipinski definition) is 5. The number of aliphatic carboxylic acids is 1. The minimum Gasteiger partial charge on any atom is -0.479 e. The van der Waals surface area contributed by atoms with Crippen LogP contribution in [0.1, 0.15) is 11.6 Å². The van der Waals surface area contributed by atoms with Gasteiger partial charge in [-0.15, -0.1) is 0 Å². The standard InChI is InChI=1S/C15H20ClNO6/c1-21-6-7-22-8-9-23-10-13(18)17-14(15(19)20)11-2-4-12(16)5-3-11/h2-5,14H,6-10H2,1H3,(H,17,18)(H,19,20). The van der Waals surface area contributed by atoms with Crippen LogP contribution >= 0.6 is 11.6 Å². The molecule has 2 N–H and O–H groups in total.